The lowest BCUT2D eigenvalue weighted by Gasteiger charge is -2.34. The smallest absolute Gasteiger partial charge is 0.413 e. The van der Waals surface area contributed by atoms with Gasteiger partial charge in [0.1, 0.15) is 18.1 Å². The Morgan fingerprint density at radius 3 is 2.45 bits per heavy atom. The molecule has 0 aliphatic carbocycles. The number of benzene rings is 2. The summed E-state index contributed by atoms with van der Waals surface area (Å²) in [7, 11) is 0. The van der Waals surface area contributed by atoms with Crippen LogP contribution in [0.5, 0.6) is 11.5 Å². The van der Waals surface area contributed by atoms with Crippen molar-refractivity contribution in [3.63, 3.8) is 0 Å². The van der Waals surface area contributed by atoms with Gasteiger partial charge >= 0.3 is 6.09 Å². The van der Waals surface area contributed by atoms with Crippen LogP contribution in [0.2, 0.25) is 0 Å². The highest BCUT2D eigenvalue weighted by molar-refractivity contribution is 5.95. The van der Waals surface area contributed by atoms with Crippen LogP contribution in [-0.4, -0.2) is 70.7 Å². The van der Waals surface area contributed by atoms with Crippen LogP contribution in [0.15, 0.2) is 54.7 Å². The fraction of sp³-hybridized carbons (Fsp3) is 0.344. The molecular weight excluding hydrogens is 534 g/mol. The maximum absolute atomic E-state index is 13.1. The minimum atomic E-state index is -0.574. The first-order valence-electron chi connectivity index (χ1n) is 14.4. The summed E-state index contributed by atoms with van der Waals surface area (Å²) in [6.07, 6.45) is 2.02. The normalized spacial score (nSPS) is 14.8. The molecular formula is C32H35N5O5. The summed E-state index contributed by atoms with van der Waals surface area (Å²) in [5.41, 5.74) is 5.90. The second-order valence-corrected chi connectivity index (χ2v) is 10.6. The summed E-state index contributed by atoms with van der Waals surface area (Å²) in [5.74, 6) is 1.96. The summed E-state index contributed by atoms with van der Waals surface area (Å²) in [4.78, 5) is 35.0. The van der Waals surface area contributed by atoms with Gasteiger partial charge in [0.2, 0.25) is 6.79 Å². The molecule has 10 nitrogen and oxygen atoms in total. The lowest BCUT2D eigenvalue weighted by atomic mass is 10.0. The molecule has 10 heteroatoms. The molecule has 2 amide bonds. The number of hydrogen-bond acceptors (Lipinski definition) is 7. The SMILES string of the molecule is CCc1nc2c(C)cc(-c3ccc(C(=O)N4CCN(CC)CC4)cc3)cn2c1NC(=O)OCc1ccc2c(c1)OCO2. The molecule has 6 rings (SSSR count). The molecule has 0 atom stereocenters. The Morgan fingerprint density at radius 2 is 1.71 bits per heavy atom. The molecule has 0 saturated carbocycles. The third kappa shape index (κ3) is 5.49. The maximum atomic E-state index is 13.1. The molecule has 0 spiro atoms. The number of carbonyl (C=O) groups is 2. The highest BCUT2D eigenvalue weighted by Gasteiger charge is 2.22. The van der Waals surface area contributed by atoms with Crippen LogP contribution >= 0.6 is 0 Å². The molecule has 2 aliphatic rings. The van der Waals surface area contributed by atoms with Crippen molar-refractivity contribution in [3.05, 3.63) is 77.1 Å². The number of hydrogen-bond donors (Lipinski definition) is 1. The fourth-order valence-electron chi connectivity index (χ4n) is 5.46. The average molecular weight is 570 g/mol. The van der Waals surface area contributed by atoms with Crippen LogP contribution in [0.3, 0.4) is 0 Å². The van der Waals surface area contributed by atoms with Gasteiger partial charge in [-0.25, -0.2) is 9.78 Å². The first kappa shape index (κ1) is 27.6. The average Bonchev–Trinajstić information content (AvgIpc) is 3.64. The van der Waals surface area contributed by atoms with Crippen LogP contribution in [0, 0.1) is 6.92 Å². The van der Waals surface area contributed by atoms with Crippen molar-refractivity contribution in [2.45, 2.75) is 33.8 Å². The fourth-order valence-corrected chi connectivity index (χ4v) is 5.46. The number of rotatable bonds is 7. The van der Waals surface area contributed by atoms with E-state index in [9.17, 15) is 9.59 Å². The van der Waals surface area contributed by atoms with Gasteiger partial charge in [-0.2, -0.15) is 0 Å². The first-order chi connectivity index (χ1) is 20.4. The van der Waals surface area contributed by atoms with Crippen LogP contribution in [0.25, 0.3) is 16.8 Å². The van der Waals surface area contributed by atoms with Crippen LogP contribution < -0.4 is 14.8 Å². The van der Waals surface area contributed by atoms with Gasteiger partial charge in [-0.1, -0.05) is 32.0 Å². The van der Waals surface area contributed by atoms with Gasteiger partial charge in [-0.3, -0.25) is 14.5 Å². The molecule has 2 aliphatic heterocycles. The molecule has 0 bridgehead atoms. The lowest BCUT2D eigenvalue weighted by Crippen LogP contribution is -2.48. The topological polar surface area (TPSA) is 97.6 Å². The van der Waals surface area contributed by atoms with E-state index in [1.165, 1.54) is 0 Å². The second kappa shape index (κ2) is 11.7. The Hall–Kier alpha value is -4.57. The first-order valence-corrected chi connectivity index (χ1v) is 14.4. The summed E-state index contributed by atoms with van der Waals surface area (Å²) in [6.45, 7) is 10.8. The number of likely N-dealkylation sites (N-methyl/N-ethyl adjacent to an activating group) is 1. The van der Waals surface area contributed by atoms with Gasteiger partial charge in [-0.05, 0) is 72.5 Å². The van der Waals surface area contributed by atoms with E-state index in [1.54, 1.807) is 6.07 Å². The Kier molecular flexibility index (Phi) is 7.71. The number of imidazole rings is 1. The Balaban J connectivity index is 1.19. The summed E-state index contributed by atoms with van der Waals surface area (Å²) in [5, 5.41) is 2.91. The zero-order valence-corrected chi connectivity index (χ0v) is 24.2. The second-order valence-electron chi connectivity index (χ2n) is 10.6. The zero-order valence-electron chi connectivity index (χ0n) is 24.2. The number of pyridine rings is 1. The number of nitrogens with one attached hydrogen (secondary N) is 1. The monoisotopic (exact) mass is 569 g/mol. The molecule has 218 valence electrons. The highest BCUT2D eigenvalue weighted by atomic mass is 16.7. The number of amides is 2. The molecule has 2 aromatic carbocycles. The van der Waals surface area contributed by atoms with Crippen molar-refractivity contribution < 1.29 is 23.8 Å². The summed E-state index contributed by atoms with van der Waals surface area (Å²) < 4.78 is 18.2. The number of aryl methyl sites for hydroxylation is 2. The molecule has 2 aromatic heterocycles. The van der Waals surface area contributed by atoms with Gasteiger partial charge < -0.3 is 24.0 Å². The van der Waals surface area contributed by atoms with Crippen molar-refractivity contribution in [2.24, 2.45) is 0 Å². The van der Waals surface area contributed by atoms with E-state index in [2.05, 4.69) is 23.2 Å². The lowest BCUT2D eigenvalue weighted by molar-refractivity contribution is 0.0643. The molecule has 4 heterocycles. The van der Waals surface area contributed by atoms with Crippen LogP contribution in [0.4, 0.5) is 10.6 Å². The van der Waals surface area contributed by atoms with Gasteiger partial charge in [0.15, 0.2) is 11.5 Å². The largest absolute Gasteiger partial charge is 0.454 e. The van der Waals surface area contributed by atoms with Crippen molar-refractivity contribution in [1.29, 1.82) is 0 Å². The van der Waals surface area contributed by atoms with E-state index in [1.807, 2.05) is 65.7 Å². The zero-order chi connectivity index (χ0) is 29.2. The molecule has 4 aromatic rings. The number of fused-ring (bicyclic) bond motifs is 2. The van der Waals surface area contributed by atoms with Gasteiger partial charge in [0, 0.05) is 37.9 Å². The van der Waals surface area contributed by atoms with E-state index in [-0.39, 0.29) is 19.3 Å². The van der Waals surface area contributed by atoms with Crippen molar-refractivity contribution in [1.82, 2.24) is 19.2 Å². The summed E-state index contributed by atoms with van der Waals surface area (Å²) >= 11 is 0. The quantitative estimate of drug-likeness (QED) is 0.330. The number of anilines is 1. The van der Waals surface area contributed by atoms with Crippen molar-refractivity contribution in [3.8, 4) is 22.6 Å². The van der Waals surface area contributed by atoms with Gasteiger partial charge in [0.05, 0.1) is 5.69 Å². The number of piperazine rings is 1. The molecule has 1 saturated heterocycles. The third-order valence-corrected chi connectivity index (χ3v) is 7.91. The predicted molar refractivity (Wildman–Crippen MR) is 159 cm³/mol. The van der Waals surface area contributed by atoms with Crippen LogP contribution in [0.1, 0.15) is 41.0 Å². The van der Waals surface area contributed by atoms with E-state index >= 15 is 0 Å². The van der Waals surface area contributed by atoms with Crippen LogP contribution in [-0.2, 0) is 17.8 Å². The minimum Gasteiger partial charge on any atom is -0.454 e. The van der Waals surface area contributed by atoms with E-state index in [0.717, 1.165) is 66.3 Å². The van der Waals surface area contributed by atoms with Gasteiger partial charge in [-0.15, -0.1) is 0 Å². The van der Waals surface area contributed by atoms with Gasteiger partial charge in [0.25, 0.3) is 5.91 Å². The minimum absolute atomic E-state index is 0.0666. The van der Waals surface area contributed by atoms with E-state index in [0.29, 0.717) is 29.3 Å². The Morgan fingerprint density at radius 1 is 0.952 bits per heavy atom. The van der Waals surface area contributed by atoms with E-state index in [4.69, 9.17) is 19.2 Å². The predicted octanol–water partition coefficient (Wildman–Crippen LogP) is 5.13. The Bertz CT molecular complexity index is 1620. The number of nitrogens with zero attached hydrogens (tertiary/aromatic N) is 4. The number of ether oxygens (including phenoxy) is 3. The van der Waals surface area contributed by atoms with Crippen molar-refractivity contribution >= 4 is 23.5 Å². The molecule has 1 N–H and O–H groups in total. The number of aromatic nitrogens is 2. The molecule has 42 heavy (non-hydrogen) atoms. The van der Waals surface area contributed by atoms with Crippen molar-refractivity contribution in [2.75, 3.05) is 44.8 Å². The molecule has 1 fully saturated rings. The molecule has 0 unspecified atom stereocenters. The maximum Gasteiger partial charge on any atom is 0.413 e. The number of carbonyl (C=O) groups excluding carboxylic acids is 2. The third-order valence-electron chi connectivity index (χ3n) is 7.91. The summed E-state index contributed by atoms with van der Waals surface area (Å²) in [6, 6.07) is 15.3. The Labute approximate surface area is 244 Å². The highest BCUT2D eigenvalue weighted by Crippen LogP contribution is 2.33. The standard InChI is InChI=1S/C32H35N5O5/c1-4-26-30(34-32(39)40-19-22-6-11-27-28(17-22)42-20-41-27)37-18-25(16-21(3)29(37)33-26)23-7-9-24(10-8-23)31(38)36-14-12-35(5-2)13-15-36/h6-11,16-18H,4-5,12-15,19-20H2,1-3H3,(H,34,39). The molecule has 0 radical (unpaired) electrons. The van der Waals surface area contributed by atoms with E-state index < -0.39 is 6.09 Å².